The first kappa shape index (κ1) is 20.2. The largest absolute Gasteiger partial charge is 0.493 e. The van der Waals surface area contributed by atoms with Crippen LogP contribution >= 0.6 is 22.9 Å². The van der Waals surface area contributed by atoms with Crippen LogP contribution in [0.15, 0.2) is 58.8 Å². The van der Waals surface area contributed by atoms with Crippen LogP contribution in [0.2, 0.25) is 4.34 Å². The van der Waals surface area contributed by atoms with E-state index in [0.29, 0.717) is 28.8 Å². The fourth-order valence-electron chi connectivity index (χ4n) is 3.71. The van der Waals surface area contributed by atoms with Gasteiger partial charge in [0.1, 0.15) is 4.21 Å². The van der Waals surface area contributed by atoms with Gasteiger partial charge in [-0.3, -0.25) is 0 Å². The van der Waals surface area contributed by atoms with Gasteiger partial charge in [0, 0.05) is 6.54 Å². The monoisotopic (exact) mass is 449 g/mol. The van der Waals surface area contributed by atoms with Crippen LogP contribution in [0.25, 0.3) is 0 Å². The summed E-state index contributed by atoms with van der Waals surface area (Å²) in [4.78, 5) is 0. The standard InChI is InChI=1S/C21H20ClNO4S2/c1-26-17-12-15-10-11-23(29(24,25)20-9-8-19(22)28-20)21(14-6-4-3-5-7-14)16(15)13-18(17)27-2/h3-9,12-13,21H,10-11H2,1-2H3/t21-/m0/s1. The van der Waals surface area contributed by atoms with Gasteiger partial charge in [0.25, 0.3) is 10.0 Å². The Bertz CT molecular complexity index is 1130. The smallest absolute Gasteiger partial charge is 0.253 e. The molecular weight excluding hydrogens is 430 g/mol. The van der Waals surface area contributed by atoms with E-state index in [-0.39, 0.29) is 4.21 Å². The van der Waals surface area contributed by atoms with E-state index >= 15 is 0 Å². The Morgan fingerprint density at radius 3 is 2.34 bits per heavy atom. The van der Waals surface area contributed by atoms with Gasteiger partial charge in [0.05, 0.1) is 24.6 Å². The summed E-state index contributed by atoms with van der Waals surface area (Å²) in [6.07, 6.45) is 0.581. The Labute approximate surface area is 179 Å². The van der Waals surface area contributed by atoms with E-state index in [9.17, 15) is 8.42 Å². The molecule has 0 bridgehead atoms. The SMILES string of the molecule is COc1cc2c(cc1OC)[C@H](c1ccccc1)N(S(=O)(=O)c1ccc(Cl)s1)CC2. The van der Waals surface area contributed by atoms with Gasteiger partial charge in [-0.2, -0.15) is 4.31 Å². The highest BCUT2D eigenvalue weighted by atomic mass is 35.5. The molecule has 152 valence electrons. The van der Waals surface area contributed by atoms with Crippen molar-refractivity contribution < 1.29 is 17.9 Å². The van der Waals surface area contributed by atoms with Gasteiger partial charge in [0.2, 0.25) is 0 Å². The van der Waals surface area contributed by atoms with Crippen LogP contribution in [0, 0.1) is 0 Å². The van der Waals surface area contributed by atoms with Crippen molar-refractivity contribution in [3.05, 3.63) is 75.6 Å². The lowest BCUT2D eigenvalue weighted by Crippen LogP contribution is -2.40. The average Bonchev–Trinajstić information content (AvgIpc) is 3.19. The number of nitrogens with zero attached hydrogens (tertiary/aromatic N) is 1. The lowest BCUT2D eigenvalue weighted by atomic mass is 9.89. The minimum atomic E-state index is -3.72. The number of hydrogen-bond donors (Lipinski definition) is 0. The zero-order valence-electron chi connectivity index (χ0n) is 16.0. The van der Waals surface area contributed by atoms with E-state index in [2.05, 4.69) is 0 Å². The van der Waals surface area contributed by atoms with Gasteiger partial charge in [-0.15, -0.1) is 11.3 Å². The molecule has 0 spiro atoms. The Morgan fingerprint density at radius 1 is 1.03 bits per heavy atom. The molecule has 2 heterocycles. The first-order valence-electron chi connectivity index (χ1n) is 9.02. The zero-order valence-corrected chi connectivity index (χ0v) is 18.4. The van der Waals surface area contributed by atoms with Gasteiger partial charge in [-0.05, 0) is 47.4 Å². The molecule has 0 unspecified atom stereocenters. The maximum absolute atomic E-state index is 13.5. The normalized spacial score (nSPS) is 17.0. The van der Waals surface area contributed by atoms with Crippen LogP contribution in [0.3, 0.4) is 0 Å². The molecule has 8 heteroatoms. The minimum absolute atomic E-state index is 0.243. The highest BCUT2D eigenvalue weighted by Gasteiger charge is 2.38. The fourth-order valence-corrected chi connectivity index (χ4v) is 6.92. The molecule has 0 fully saturated rings. The second kappa shape index (κ2) is 7.99. The molecule has 1 atom stereocenters. The Hall–Kier alpha value is -2.06. The third-order valence-corrected chi connectivity index (χ3v) is 8.62. The molecule has 0 saturated heterocycles. The summed E-state index contributed by atoms with van der Waals surface area (Å²) in [6, 6.07) is 16.2. The van der Waals surface area contributed by atoms with E-state index in [1.54, 1.807) is 30.7 Å². The second-order valence-electron chi connectivity index (χ2n) is 6.64. The number of halogens is 1. The summed E-state index contributed by atoms with van der Waals surface area (Å²) in [6.45, 7) is 0.361. The van der Waals surface area contributed by atoms with Crippen LogP contribution in [0.1, 0.15) is 22.7 Å². The Morgan fingerprint density at radius 2 is 1.72 bits per heavy atom. The van der Waals surface area contributed by atoms with Crippen molar-refractivity contribution in [1.29, 1.82) is 0 Å². The molecule has 0 amide bonds. The first-order valence-corrected chi connectivity index (χ1v) is 11.7. The molecule has 1 aliphatic rings. The van der Waals surface area contributed by atoms with E-state index in [1.807, 2.05) is 42.5 Å². The maximum atomic E-state index is 13.5. The molecule has 3 aromatic rings. The Kier molecular flexibility index (Phi) is 5.57. The van der Waals surface area contributed by atoms with Crippen molar-refractivity contribution in [3.63, 3.8) is 0 Å². The lowest BCUT2D eigenvalue weighted by Gasteiger charge is -2.36. The van der Waals surface area contributed by atoms with Crippen LogP contribution in [-0.2, 0) is 16.4 Å². The number of fused-ring (bicyclic) bond motifs is 1. The molecule has 1 aromatic heterocycles. The van der Waals surface area contributed by atoms with E-state index < -0.39 is 16.1 Å². The van der Waals surface area contributed by atoms with Crippen LogP contribution in [0.5, 0.6) is 11.5 Å². The molecule has 0 saturated carbocycles. The first-order chi connectivity index (χ1) is 14.0. The molecule has 5 nitrogen and oxygen atoms in total. The molecule has 0 N–H and O–H groups in total. The average molecular weight is 450 g/mol. The van der Waals surface area contributed by atoms with E-state index in [0.717, 1.165) is 28.0 Å². The van der Waals surface area contributed by atoms with Gasteiger partial charge < -0.3 is 9.47 Å². The lowest BCUT2D eigenvalue weighted by molar-refractivity contribution is 0.332. The molecule has 2 aromatic carbocycles. The van der Waals surface area contributed by atoms with Crippen molar-refractivity contribution in [2.45, 2.75) is 16.7 Å². The van der Waals surface area contributed by atoms with Crippen molar-refractivity contribution >= 4 is 33.0 Å². The van der Waals surface area contributed by atoms with Gasteiger partial charge >= 0.3 is 0 Å². The molecular formula is C21H20ClNO4S2. The van der Waals surface area contributed by atoms with Crippen molar-refractivity contribution in [2.24, 2.45) is 0 Å². The predicted octanol–water partition coefficient (Wildman–Crippen LogP) is 4.76. The number of thiophene rings is 1. The summed E-state index contributed by atoms with van der Waals surface area (Å²) >= 11 is 7.09. The number of rotatable bonds is 5. The van der Waals surface area contributed by atoms with Crippen molar-refractivity contribution in [2.75, 3.05) is 20.8 Å². The van der Waals surface area contributed by atoms with Crippen LogP contribution < -0.4 is 9.47 Å². The second-order valence-corrected chi connectivity index (χ2v) is 10.5. The minimum Gasteiger partial charge on any atom is -0.493 e. The number of benzene rings is 2. The summed E-state index contributed by atoms with van der Waals surface area (Å²) in [7, 11) is -0.549. The molecule has 1 aliphatic heterocycles. The molecule has 0 aliphatic carbocycles. The third-order valence-electron chi connectivity index (χ3n) is 5.06. The number of hydrogen-bond acceptors (Lipinski definition) is 5. The maximum Gasteiger partial charge on any atom is 0.253 e. The molecule has 4 rings (SSSR count). The number of methoxy groups -OCH3 is 2. The fraction of sp³-hybridized carbons (Fsp3) is 0.238. The topological polar surface area (TPSA) is 55.8 Å². The third kappa shape index (κ3) is 3.64. The van der Waals surface area contributed by atoms with Crippen LogP contribution in [-0.4, -0.2) is 33.5 Å². The predicted molar refractivity (Wildman–Crippen MR) is 115 cm³/mol. The zero-order chi connectivity index (χ0) is 20.6. The highest BCUT2D eigenvalue weighted by Crippen LogP contribution is 2.43. The summed E-state index contributed by atoms with van der Waals surface area (Å²) in [5.74, 6) is 1.21. The van der Waals surface area contributed by atoms with Gasteiger partial charge in [-0.1, -0.05) is 41.9 Å². The van der Waals surface area contributed by atoms with Crippen molar-refractivity contribution in [3.8, 4) is 11.5 Å². The van der Waals surface area contributed by atoms with Gasteiger partial charge in [-0.25, -0.2) is 8.42 Å². The number of ether oxygens (including phenoxy) is 2. The quantitative estimate of drug-likeness (QED) is 0.563. The summed E-state index contributed by atoms with van der Waals surface area (Å²) in [5, 5.41) is 0. The molecule has 29 heavy (non-hydrogen) atoms. The van der Waals surface area contributed by atoms with E-state index in [4.69, 9.17) is 21.1 Å². The highest BCUT2D eigenvalue weighted by molar-refractivity contribution is 7.91. The summed E-state index contributed by atoms with van der Waals surface area (Å²) < 4.78 is 40.2. The summed E-state index contributed by atoms with van der Waals surface area (Å²) in [5.41, 5.74) is 2.84. The Balaban J connectivity index is 1.90. The number of sulfonamides is 1. The molecule has 0 radical (unpaired) electrons. The van der Waals surface area contributed by atoms with Crippen LogP contribution in [0.4, 0.5) is 0 Å². The van der Waals surface area contributed by atoms with E-state index in [1.165, 1.54) is 0 Å². The van der Waals surface area contributed by atoms with Gasteiger partial charge in [0.15, 0.2) is 11.5 Å². The van der Waals surface area contributed by atoms with Crippen molar-refractivity contribution in [1.82, 2.24) is 4.31 Å².